The van der Waals surface area contributed by atoms with Gasteiger partial charge in [-0.25, -0.2) is 0 Å². The van der Waals surface area contributed by atoms with Gasteiger partial charge >= 0.3 is 0 Å². The average Bonchev–Trinajstić information content (AvgIpc) is 2.25. The molecule has 2 nitrogen and oxygen atoms in total. The third-order valence-electron chi connectivity index (χ3n) is 2.94. The first-order valence-corrected chi connectivity index (χ1v) is 7.39. The SMILES string of the molecule is CC(C)C(CN(C)C)NCc1ccc(Cl)cc1Br. The molecule has 4 heteroatoms. The van der Waals surface area contributed by atoms with Gasteiger partial charge in [-0.15, -0.1) is 0 Å². The Bertz CT molecular complexity index is 380. The first-order valence-electron chi connectivity index (χ1n) is 6.22. The van der Waals surface area contributed by atoms with E-state index in [0.29, 0.717) is 12.0 Å². The standard InChI is InChI=1S/C14H22BrClN2/c1-10(2)14(9-18(3)4)17-8-11-5-6-12(16)7-13(11)15/h5-7,10,14,17H,8-9H2,1-4H3. The van der Waals surface area contributed by atoms with E-state index in [-0.39, 0.29) is 0 Å². The Morgan fingerprint density at radius 1 is 1.33 bits per heavy atom. The minimum atomic E-state index is 0.488. The quantitative estimate of drug-likeness (QED) is 0.852. The topological polar surface area (TPSA) is 15.3 Å². The Labute approximate surface area is 124 Å². The first kappa shape index (κ1) is 16.0. The molecule has 0 aromatic heterocycles. The maximum atomic E-state index is 5.94. The van der Waals surface area contributed by atoms with Crippen LogP contribution < -0.4 is 5.32 Å². The summed E-state index contributed by atoms with van der Waals surface area (Å²) < 4.78 is 1.06. The van der Waals surface area contributed by atoms with Crippen molar-refractivity contribution in [2.24, 2.45) is 5.92 Å². The minimum absolute atomic E-state index is 0.488. The lowest BCUT2D eigenvalue weighted by Gasteiger charge is -2.26. The number of nitrogens with one attached hydrogen (secondary N) is 1. The number of nitrogens with zero attached hydrogens (tertiary/aromatic N) is 1. The molecule has 102 valence electrons. The Morgan fingerprint density at radius 2 is 2.00 bits per heavy atom. The Kier molecular flexibility index (Phi) is 6.64. The molecular weight excluding hydrogens is 312 g/mol. The van der Waals surface area contributed by atoms with E-state index in [0.717, 1.165) is 22.6 Å². The van der Waals surface area contributed by atoms with Crippen molar-refractivity contribution in [3.05, 3.63) is 33.3 Å². The highest BCUT2D eigenvalue weighted by Gasteiger charge is 2.14. The van der Waals surface area contributed by atoms with Gasteiger partial charge in [0.1, 0.15) is 0 Å². The van der Waals surface area contributed by atoms with Crippen LogP contribution in [0.1, 0.15) is 19.4 Å². The van der Waals surface area contributed by atoms with Gasteiger partial charge in [0, 0.05) is 28.6 Å². The van der Waals surface area contributed by atoms with Crippen LogP contribution in [0.5, 0.6) is 0 Å². The fraction of sp³-hybridized carbons (Fsp3) is 0.571. The van der Waals surface area contributed by atoms with E-state index in [4.69, 9.17) is 11.6 Å². The van der Waals surface area contributed by atoms with Gasteiger partial charge in [0.25, 0.3) is 0 Å². The van der Waals surface area contributed by atoms with Crippen molar-refractivity contribution in [1.82, 2.24) is 10.2 Å². The molecule has 0 radical (unpaired) electrons. The molecule has 0 aliphatic rings. The van der Waals surface area contributed by atoms with E-state index < -0.39 is 0 Å². The van der Waals surface area contributed by atoms with Crippen molar-refractivity contribution >= 4 is 27.5 Å². The van der Waals surface area contributed by atoms with Crippen molar-refractivity contribution in [3.8, 4) is 0 Å². The molecule has 1 atom stereocenters. The summed E-state index contributed by atoms with van der Waals surface area (Å²) in [4.78, 5) is 2.22. The second-order valence-corrected chi connectivity index (χ2v) is 6.52. The van der Waals surface area contributed by atoms with Gasteiger partial charge in [0.2, 0.25) is 0 Å². The summed E-state index contributed by atoms with van der Waals surface area (Å²) in [5.41, 5.74) is 1.24. The summed E-state index contributed by atoms with van der Waals surface area (Å²) in [5.74, 6) is 0.610. The molecule has 0 aliphatic carbocycles. The van der Waals surface area contributed by atoms with Gasteiger partial charge in [0.05, 0.1) is 0 Å². The van der Waals surface area contributed by atoms with Crippen molar-refractivity contribution in [2.45, 2.75) is 26.4 Å². The molecule has 0 heterocycles. The zero-order valence-corrected chi connectivity index (χ0v) is 13.8. The summed E-state index contributed by atoms with van der Waals surface area (Å²) in [6.07, 6.45) is 0. The van der Waals surface area contributed by atoms with Crippen molar-refractivity contribution in [3.63, 3.8) is 0 Å². The second-order valence-electron chi connectivity index (χ2n) is 5.23. The maximum absolute atomic E-state index is 5.94. The normalized spacial score (nSPS) is 13.3. The zero-order valence-electron chi connectivity index (χ0n) is 11.5. The lowest BCUT2D eigenvalue weighted by atomic mass is 10.0. The summed E-state index contributed by atoms with van der Waals surface area (Å²) in [6, 6.07) is 6.42. The van der Waals surface area contributed by atoms with Crippen LogP contribution in [0.3, 0.4) is 0 Å². The highest BCUT2D eigenvalue weighted by Crippen LogP contribution is 2.21. The van der Waals surface area contributed by atoms with E-state index in [9.17, 15) is 0 Å². The van der Waals surface area contributed by atoms with E-state index >= 15 is 0 Å². The van der Waals surface area contributed by atoms with Gasteiger partial charge in [-0.3, -0.25) is 0 Å². The Morgan fingerprint density at radius 3 is 2.50 bits per heavy atom. The Hall–Kier alpha value is -0.0900. The second kappa shape index (κ2) is 7.49. The van der Waals surface area contributed by atoms with Crippen LogP contribution in [0.25, 0.3) is 0 Å². The van der Waals surface area contributed by atoms with E-state index in [1.807, 2.05) is 12.1 Å². The van der Waals surface area contributed by atoms with Gasteiger partial charge in [-0.2, -0.15) is 0 Å². The number of benzene rings is 1. The molecule has 0 aliphatic heterocycles. The first-order chi connectivity index (χ1) is 8.40. The molecule has 0 fully saturated rings. The molecular formula is C14H22BrClN2. The van der Waals surface area contributed by atoms with Crippen molar-refractivity contribution < 1.29 is 0 Å². The lowest BCUT2D eigenvalue weighted by Crippen LogP contribution is -2.41. The summed E-state index contributed by atoms with van der Waals surface area (Å²) in [5, 5.41) is 4.38. The number of likely N-dealkylation sites (N-methyl/N-ethyl adjacent to an activating group) is 1. The van der Waals surface area contributed by atoms with Crippen LogP contribution in [-0.4, -0.2) is 31.6 Å². The number of halogens is 2. The third kappa shape index (κ3) is 5.27. The molecule has 0 bridgehead atoms. The molecule has 0 saturated heterocycles. The molecule has 18 heavy (non-hydrogen) atoms. The molecule has 1 unspecified atom stereocenters. The van der Waals surface area contributed by atoms with Crippen LogP contribution in [0.15, 0.2) is 22.7 Å². The van der Waals surface area contributed by atoms with Crippen LogP contribution >= 0.6 is 27.5 Å². The van der Waals surface area contributed by atoms with Gasteiger partial charge in [-0.05, 0) is 37.7 Å². The number of hydrogen-bond donors (Lipinski definition) is 1. The lowest BCUT2D eigenvalue weighted by molar-refractivity contribution is 0.288. The number of hydrogen-bond acceptors (Lipinski definition) is 2. The number of rotatable bonds is 6. The Balaban J connectivity index is 2.61. The smallest absolute Gasteiger partial charge is 0.0417 e. The zero-order chi connectivity index (χ0) is 13.7. The predicted molar refractivity (Wildman–Crippen MR) is 83.2 cm³/mol. The fourth-order valence-corrected chi connectivity index (χ4v) is 2.63. The van der Waals surface area contributed by atoms with Crippen LogP contribution in [0, 0.1) is 5.92 Å². The maximum Gasteiger partial charge on any atom is 0.0417 e. The average molecular weight is 334 g/mol. The van der Waals surface area contributed by atoms with Crippen LogP contribution in [0.2, 0.25) is 5.02 Å². The molecule has 1 N–H and O–H groups in total. The summed E-state index contributed by atoms with van der Waals surface area (Å²) in [6.45, 7) is 6.40. The van der Waals surface area contributed by atoms with Crippen molar-refractivity contribution in [1.29, 1.82) is 0 Å². The van der Waals surface area contributed by atoms with E-state index in [2.05, 4.69) is 60.2 Å². The minimum Gasteiger partial charge on any atom is -0.308 e. The summed E-state index contributed by atoms with van der Waals surface area (Å²) >= 11 is 9.49. The summed E-state index contributed by atoms with van der Waals surface area (Å²) in [7, 11) is 4.21. The van der Waals surface area contributed by atoms with Crippen molar-refractivity contribution in [2.75, 3.05) is 20.6 Å². The molecule has 0 amide bonds. The fourth-order valence-electron chi connectivity index (χ4n) is 1.81. The largest absolute Gasteiger partial charge is 0.308 e. The third-order valence-corrected chi connectivity index (χ3v) is 3.91. The highest BCUT2D eigenvalue weighted by atomic mass is 79.9. The monoisotopic (exact) mass is 332 g/mol. The predicted octanol–water partition coefficient (Wildman–Crippen LogP) is 3.78. The van der Waals surface area contributed by atoms with Gasteiger partial charge in [-0.1, -0.05) is 47.4 Å². The molecule has 0 saturated carbocycles. The van der Waals surface area contributed by atoms with Crippen LogP contribution in [-0.2, 0) is 6.54 Å². The van der Waals surface area contributed by atoms with Gasteiger partial charge in [0.15, 0.2) is 0 Å². The highest BCUT2D eigenvalue weighted by molar-refractivity contribution is 9.10. The van der Waals surface area contributed by atoms with E-state index in [1.165, 1.54) is 5.56 Å². The molecule has 1 rings (SSSR count). The van der Waals surface area contributed by atoms with Crippen LogP contribution in [0.4, 0.5) is 0 Å². The molecule has 0 spiro atoms. The van der Waals surface area contributed by atoms with E-state index in [1.54, 1.807) is 0 Å². The molecule has 1 aromatic carbocycles. The molecule has 1 aromatic rings. The van der Waals surface area contributed by atoms with Gasteiger partial charge < -0.3 is 10.2 Å².